The van der Waals surface area contributed by atoms with Gasteiger partial charge in [0.05, 0.1) is 6.20 Å². The van der Waals surface area contributed by atoms with Gasteiger partial charge in [-0.2, -0.15) is 5.10 Å². The summed E-state index contributed by atoms with van der Waals surface area (Å²) in [5.41, 5.74) is 7.94. The summed E-state index contributed by atoms with van der Waals surface area (Å²) < 4.78 is 5.40. The average Bonchev–Trinajstić information content (AvgIpc) is 2.95. The van der Waals surface area contributed by atoms with E-state index >= 15 is 0 Å². The molecule has 8 heteroatoms. The van der Waals surface area contributed by atoms with Gasteiger partial charge in [0.15, 0.2) is 5.96 Å². The number of hydrogen-bond donors (Lipinski definition) is 2. The van der Waals surface area contributed by atoms with Crippen LogP contribution in [0.2, 0.25) is 0 Å². The standard InChI is InChI=1S/C17H30N6O2/c1-13-14(12-20-21-13)6-5-7-19-15(18)22-8-10-23(11-9-22)16(24)25-17(2,3)4/h12H,5-11H2,1-4H3,(H2,18,19)(H,20,21). The second-order valence-electron chi connectivity index (χ2n) is 7.32. The highest BCUT2D eigenvalue weighted by Crippen LogP contribution is 2.12. The number of amides is 1. The molecule has 0 aromatic carbocycles. The normalized spacial score (nSPS) is 16.2. The van der Waals surface area contributed by atoms with Gasteiger partial charge in [-0.1, -0.05) is 0 Å². The number of carbonyl (C=O) groups is 1. The molecule has 1 saturated heterocycles. The zero-order chi connectivity index (χ0) is 18.4. The van der Waals surface area contributed by atoms with Gasteiger partial charge in [0, 0.05) is 38.4 Å². The number of ether oxygens (including phenoxy) is 1. The van der Waals surface area contributed by atoms with E-state index < -0.39 is 5.60 Å². The maximum atomic E-state index is 12.1. The van der Waals surface area contributed by atoms with Gasteiger partial charge >= 0.3 is 6.09 Å². The van der Waals surface area contributed by atoms with Gasteiger partial charge in [0.25, 0.3) is 0 Å². The van der Waals surface area contributed by atoms with Crippen molar-refractivity contribution in [3.8, 4) is 0 Å². The van der Waals surface area contributed by atoms with E-state index in [4.69, 9.17) is 10.5 Å². The number of rotatable bonds is 4. The molecule has 1 aromatic heterocycles. The van der Waals surface area contributed by atoms with Crippen molar-refractivity contribution in [3.63, 3.8) is 0 Å². The van der Waals surface area contributed by atoms with E-state index in [1.165, 1.54) is 5.56 Å². The molecule has 1 aliphatic rings. The topological polar surface area (TPSA) is 99.8 Å². The summed E-state index contributed by atoms with van der Waals surface area (Å²) in [7, 11) is 0. The molecule has 1 aromatic rings. The number of hydrogen-bond acceptors (Lipinski definition) is 4. The number of guanidine groups is 1. The minimum absolute atomic E-state index is 0.266. The van der Waals surface area contributed by atoms with E-state index in [2.05, 4.69) is 15.2 Å². The van der Waals surface area contributed by atoms with Crippen LogP contribution in [0.3, 0.4) is 0 Å². The summed E-state index contributed by atoms with van der Waals surface area (Å²) in [5.74, 6) is 0.549. The average molecular weight is 350 g/mol. The molecule has 25 heavy (non-hydrogen) atoms. The first-order valence-electron chi connectivity index (χ1n) is 8.78. The lowest BCUT2D eigenvalue weighted by molar-refractivity contribution is 0.0186. The Kier molecular flexibility index (Phi) is 6.27. The van der Waals surface area contributed by atoms with Crippen LogP contribution in [0.5, 0.6) is 0 Å². The van der Waals surface area contributed by atoms with Crippen molar-refractivity contribution in [1.82, 2.24) is 20.0 Å². The van der Waals surface area contributed by atoms with Gasteiger partial charge in [-0.05, 0) is 46.1 Å². The fraction of sp³-hybridized carbons (Fsp3) is 0.706. The number of carbonyl (C=O) groups excluding carboxylic acids is 1. The Morgan fingerprint density at radius 3 is 2.52 bits per heavy atom. The summed E-state index contributed by atoms with van der Waals surface area (Å²) in [6, 6.07) is 0. The molecule has 1 fully saturated rings. The van der Waals surface area contributed by atoms with Crippen molar-refractivity contribution in [3.05, 3.63) is 17.5 Å². The summed E-state index contributed by atoms with van der Waals surface area (Å²) in [6.07, 6.45) is 3.46. The minimum atomic E-state index is -0.470. The van der Waals surface area contributed by atoms with Crippen molar-refractivity contribution in [1.29, 1.82) is 0 Å². The number of nitrogens with one attached hydrogen (secondary N) is 1. The van der Waals surface area contributed by atoms with Crippen LogP contribution in [-0.2, 0) is 11.2 Å². The highest BCUT2D eigenvalue weighted by molar-refractivity contribution is 5.78. The molecule has 0 unspecified atom stereocenters. The zero-order valence-electron chi connectivity index (χ0n) is 15.7. The van der Waals surface area contributed by atoms with E-state index in [0.29, 0.717) is 38.7 Å². The maximum absolute atomic E-state index is 12.1. The van der Waals surface area contributed by atoms with Crippen LogP contribution in [0.4, 0.5) is 4.79 Å². The quantitative estimate of drug-likeness (QED) is 0.487. The summed E-state index contributed by atoms with van der Waals surface area (Å²) in [4.78, 5) is 20.3. The van der Waals surface area contributed by atoms with Gasteiger partial charge in [0.1, 0.15) is 5.60 Å². The van der Waals surface area contributed by atoms with Crippen LogP contribution in [0.1, 0.15) is 38.4 Å². The molecule has 1 aliphatic heterocycles. The van der Waals surface area contributed by atoms with E-state index in [1.807, 2.05) is 38.8 Å². The van der Waals surface area contributed by atoms with Crippen molar-refractivity contribution < 1.29 is 9.53 Å². The second-order valence-corrected chi connectivity index (χ2v) is 7.32. The molecule has 0 atom stereocenters. The molecule has 0 radical (unpaired) electrons. The SMILES string of the molecule is Cc1[nH]ncc1CCCN=C(N)N1CCN(C(=O)OC(C)(C)C)CC1. The third-order valence-electron chi connectivity index (χ3n) is 4.07. The molecule has 0 bridgehead atoms. The van der Waals surface area contributed by atoms with Gasteiger partial charge in [-0.15, -0.1) is 0 Å². The van der Waals surface area contributed by atoms with Crippen LogP contribution in [0, 0.1) is 6.92 Å². The number of aromatic amines is 1. The Morgan fingerprint density at radius 1 is 1.32 bits per heavy atom. The fourth-order valence-electron chi connectivity index (χ4n) is 2.64. The maximum Gasteiger partial charge on any atom is 0.410 e. The Labute approximate surface area is 149 Å². The van der Waals surface area contributed by atoms with Crippen LogP contribution >= 0.6 is 0 Å². The number of aryl methyl sites for hydroxylation is 2. The zero-order valence-corrected chi connectivity index (χ0v) is 15.7. The minimum Gasteiger partial charge on any atom is -0.444 e. The van der Waals surface area contributed by atoms with E-state index in [0.717, 1.165) is 18.5 Å². The highest BCUT2D eigenvalue weighted by atomic mass is 16.6. The first-order valence-corrected chi connectivity index (χ1v) is 8.78. The number of piperazine rings is 1. The molecule has 0 saturated carbocycles. The first-order chi connectivity index (χ1) is 11.8. The molecular formula is C17H30N6O2. The molecule has 140 valence electrons. The lowest BCUT2D eigenvalue weighted by atomic mass is 10.1. The van der Waals surface area contributed by atoms with Crippen LogP contribution in [0.15, 0.2) is 11.2 Å². The van der Waals surface area contributed by atoms with Crippen molar-refractivity contribution in [2.75, 3.05) is 32.7 Å². The molecule has 3 N–H and O–H groups in total. The molecule has 0 aliphatic carbocycles. The Morgan fingerprint density at radius 2 is 1.96 bits per heavy atom. The van der Waals surface area contributed by atoms with Crippen LogP contribution < -0.4 is 5.73 Å². The van der Waals surface area contributed by atoms with Crippen molar-refractivity contribution >= 4 is 12.1 Å². The second kappa shape index (κ2) is 8.22. The number of H-pyrrole nitrogens is 1. The Balaban J connectivity index is 1.72. The summed E-state index contributed by atoms with van der Waals surface area (Å²) in [6.45, 7) is 10.9. The van der Waals surface area contributed by atoms with Crippen molar-refractivity contribution in [2.24, 2.45) is 10.7 Å². The number of aliphatic imine (C=N–C) groups is 1. The largest absolute Gasteiger partial charge is 0.444 e. The number of aromatic nitrogens is 2. The van der Waals surface area contributed by atoms with Gasteiger partial charge in [-0.25, -0.2) is 4.79 Å². The predicted molar refractivity (Wildman–Crippen MR) is 97.5 cm³/mol. The molecule has 0 spiro atoms. The van der Waals surface area contributed by atoms with Gasteiger partial charge in [0.2, 0.25) is 0 Å². The summed E-state index contributed by atoms with van der Waals surface area (Å²) in [5, 5.41) is 6.95. The monoisotopic (exact) mass is 350 g/mol. The van der Waals surface area contributed by atoms with E-state index in [9.17, 15) is 4.79 Å². The van der Waals surface area contributed by atoms with Crippen LogP contribution in [-0.4, -0.2) is 70.4 Å². The van der Waals surface area contributed by atoms with Gasteiger partial charge < -0.3 is 20.3 Å². The lowest BCUT2D eigenvalue weighted by Gasteiger charge is -2.36. The summed E-state index contributed by atoms with van der Waals surface area (Å²) >= 11 is 0. The lowest BCUT2D eigenvalue weighted by Crippen LogP contribution is -2.53. The van der Waals surface area contributed by atoms with E-state index in [-0.39, 0.29) is 6.09 Å². The van der Waals surface area contributed by atoms with E-state index in [1.54, 1.807) is 4.90 Å². The molecule has 8 nitrogen and oxygen atoms in total. The predicted octanol–water partition coefficient (Wildman–Crippen LogP) is 1.52. The smallest absolute Gasteiger partial charge is 0.410 e. The number of nitrogens with two attached hydrogens (primary N) is 1. The third-order valence-corrected chi connectivity index (χ3v) is 4.07. The molecule has 2 rings (SSSR count). The fourth-order valence-corrected chi connectivity index (χ4v) is 2.64. The molecule has 2 heterocycles. The number of nitrogens with zero attached hydrogens (tertiary/aromatic N) is 4. The highest BCUT2D eigenvalue weighted by Gasteiger charge is 2.26. The first kappa shape index (κ1) is 19.1. The Hall–Kier alpha value is -2.25. The van der Waals surface area contributed by atoms with Crippen molar-refractivity contribution in [2.45, 2.75) is 46.1 Å². The third kappa shape index (κ3) is 5.95. The molecular weight excluding hydrogens is 320 g/mol. The van der Waals surface area contributed by atoms with Crippen LogP contribution in [0.25, 0.3) is 0 Å². The Bertz CT molecular complexity index is 597. The van der Waals surface area contributed by atoms with Gasteiger partial charge in [-0.3, -0.25) is 10.1 Å². The molecule has 1 amide bonds.